The van der Waals surface area contributed by atoms with Gasteiger partial charge in [0.15, 0.2) is 0 Å². The number of aromatic nitrogens is 2. The Labute approximate surface area is 157 Å². The van der Waals surface area contributed by atoms with Gasteiger partial charge in [-0.1, -0.05) is 19.1 Å². The fraction of sp³-hybridized carbons (Fsp3) is 0.333. The van der Waals surface area contributed by atoms with Crippen LogP contribution in [0.1, 0.15) is 29.3 Å². The molecule has 2 atom stereocenters. The summed E-state index contributed by atoms with van der Waals surface area (Å²) in [6, 6.07) is 10.3. The number of nitrogens with zero attached hydrogens (tertiary/aromatic N) is 2. The SMILES string of the molecule is C[C@H]1COCC[C@H]1NC(=O)c1cn(Cc2ccc(F)cc2)c2cccnc12. The van der Waals surface area contributed by atoms with Crippen molar-refractivity contribution in [3.8, 4) is 0 Å². The minimum Gasteiger partial charge on any atom is -0.381 e. The van der Waals surface area contributed by atoms with E-state index in [1.165, 1.54) is 12.1 Å². The van der Waals surface area contributed by atoms with Crippen LogP contribution in [0.4, 0.5) is 4.39 Å². The summed E-state index contributed by atoms with van der Waals surface area (Å²) in [6.07, 6.45) is 4.34. The van der Waals surface area contributed by atoms with Crippen molar-refractivity contribution in [2.75, 3.05) is 13.2 Å². The Bertz CT molecular complexity index is 952. The predicted molar refractivity (Wildman–Crippen MR) is 101 cm³/mol. The van der Waals surface area contributed by atoms with Crippen LogP contribution in [0.15, 0.2) is 48.8 Å². The van der Waals surface area contributed by atoms with Gasteiger partial charge in [-0.15, -0.1) is 0 Å². The molecule has 3 aromatic rings. The van der Waals surface area contributed by atoms with Crippen LogP contribution in [0.3, 0.4) is 0 Å². The van der Waals surface area contributed by atoms with E-state index in [4.69, 9.17) is 4.74 Å². The molecule has 0 spiro atoms. The summed E-state index contributed by atoms with van der Waals surface area (Å²) in [6.45, 7) is 3.96. The first kappa shape index (κ1) is 17.7. The topological polar surface area (TPSA) is 56.1 Å². The number of carbonyl (C=O) groups is 1. The fourth-order valence-corrected chi connectivity index (χ4v) is 3.55. The molecular formula is C21H22FN3O2. The average Bonchev–Trinajstić information content (AvgIpc) is 3.04. The molecular weight excluding hydrogens is 345 g/mol. The molecule has 0 unspecified atom stereocenters. The molecule has 4 rings (SSSR count). The first-order valence-electron chi connectivity index (χ1n) is 9.19. The van der Waals surface area contributed by atoms with Crippen molar-refractivity contribution >= 4 is 16.9 Å². The third-order valence-corrected chi connectivity index (χ3v) is 5.10. The Morgan fingerprint density at radius 1 is 1.33 bits per heavy atom. The normalized spacial score (nSPS) is 19.9. The number of rotatable bonds is 4. The van der Waals surface area contributed by atoms with E-state index >= 15 is 0 Å². The maximum atomic E-state index is 13.2. The molecule has 140 valence electrons. The molecule has 0 saturated carbocycles. The number of amides is 1. The van der Waals surface area contributed by atoms with Crippen LogP contribution in [0.5, 0.6) is 0 Å². The zero-order valence-corrected chi connectivity index (χ0v) is 15.2. The highest BCUT2D eigenvalue weighted by Crippen LogP contribution is 2.22. The van der Waals surface area contributed by atoms with Crippen LogP contribution < -0.4 is 5.32 Å². The van der Waals surface area contributed by atoms with Gasteiger partial charge in [-0.25, -0.2) is 4.39 Å². The second-order valence-corrected chi connectivity index (χ2v) is 7.09. The van der Waals surface area contributed by atoms with E-state index in [0.29, 0.717) is 30.8 Å². The molecule has 0 radical (unpaired) electrons. The highest BCUT2D eigenvalue weighted by Gasteiger charge is 2.25. The molecule has 27 heavy (non-hydrogen) atoms. The van der Waals surface area contributed by atoms with Gasteiger partial charge in [0.25, 0.3) is 5.91 Å². The molecule has 3 heterocycles. The van der Waals surface area contributed by atoms with Crippen LogP contribution in [0.25, 0.3) is 11.0 Å². The second kappa shape index (κ2) is 7.48. The van der Waals surface area contributed by atoms with E-state index in [2.05, 4.69) is 17.2 Å². The third kappa shape index (κ3) is 3.71. The maximum absolute atomic E-state index is 13.2. The van der Waals surface area contributed by atoms with Gasteiger partial charge in [0.1, 0.15) is 11.3 Å². The summed E-state index contributed by atoms with van der Waals surface area (Å²) < 4.78 is 20.6. The van der Waals surface area contributed by atoms with Crippen molar-refractivity contribution < 1.29 is 13.9 Å². The Kier molecular flexibility index (Phi) is 4.90. The molecule has 0 bridgehead atoms. The zero-order valence-electron chi connectivity index (χ0n) is 15.2. The van der Waals surface area contributed by atoms with Gasteiger partial charge in [-0.2, -0.15) is 0 Å². The summed E-state index contributed by atoms with van der Waals surface area (Å²) in [7, 11) is 0. The monoisotopic (exact) mass is 367 g/mol. The number of benzene rings is 1. The largest absolute Gasteiger partial charge is 0.381 e. The number of carbonyl (C=O) groups excluding carboxylic acids is 1. The van der Waals surface area contributed by atoms with Crippen molar-refractivity contribution in [1.29, 1.82) is 0 Å². The van der Waals surface area contributed by atoms with E-state index in [-0.39, 0.29) is 23.7 Å². The molecule has 1 saturated heterocycles. The zero-order chi connectivity index (χ0) is 18.8. The van der Waals surface area contributed by atoms with Crippen LogP contribution in [-0.2, 0) is 11.3 Å². The van der Waals surface area contributed by atoms with Gasteiger partial charge in [0, 0.05) is 31.6 Å². The summed E-state index contributed by atoms with van der Waals surface area (Å²) in [5.41, 5.74) is 3.08. The lowest BCUT2D eigenvalue weighted by molar-refractivity contribution is 0.0375. The van der Waals surface area contributed by atoms with Gasteiger partial charge < -0.3 is 14.6 Å². The van der Waals surface area contributed by atoms with Crippen molar-refractivity contribution in [3.63, 3.8) is 0 Å². The quantitative estimate of drug-likeness (QED) is 0.769. The van der Waals surface area contributed by atoms with E-state index in [1.54, 1.807) is 18.3 Å². The summed E-state index contributed by atoms with van der Waals surface area (Å²) in [5, 5.41) is 3.14. The van der Waals surface area contributed by atoms with Gasteiger partial charge in [-0.05, 0) is 42.2 Å². The smallest absolute Gasteiger partial charge is 0.255 e. The van der Waals surface area contributed by atoms with Gasteiger partial charge in [0.2, 0.25) is 0 Å². The van der Waals surface area contributed by atoms with E-state index in [0.717, 1.165) is 17.5 Å². The molecule has 2 aromatic heterocycles. The number of ether oxygens (including phenoxy) is 1. The summed E-state index contributed by atoms with van der Waals surface area (Å²) in [5.74, 6) is -0.0954. The number of hydrogen-bond acceptors (Lipinski definition) is 3. The Morgan fingerprint density at radius 3 is 2.93 bits per heavy atom. The lowest BCUT2D eigenvalue weighted by atomic mass is 9.97. The van der Waals surface area contributed by atoms with Crippen LogP contribution in [0.2, 0.25) is 0 Å². The van der Waals surface area contributed by atoms with Crippen molar-refractivity contribution in [3.05, 3.63) is 65.7 Å². The van der Waals surface area contributed by atoms with Crippen molar-refractivity contribution in [2.24, 2.45) is 5.92 Å². The Balaban J connectivity index is 1.63. The number of pyridine rings is 1. The molecule has 1 N–H and O–H groups in total. The van der Waals surface area contributed by atoms with Gasteiger partial charge in [-0.3, -0.25) is 9.78 Å². The van der Waals surface area contributed by atoms with Gasteiger partial charge in [0.05, 0.1) is 17.7 Å². The molecule has 1 amide bonds. The molecule has 1 aliphatic rings. The number of fused-ring (bicyclic) bond motifs is 1. The molecule has 5 nitrogen and oxygen atoms in total. The van der Waals surface area contributed by atoms with Crippen LogP contribution in [0, 0.1) is 11.7 Å². The minimum atomic E-state index is -0.261. The van der Waals surface area contributed by atoms with Crippen LogP contribution >= 0.6 is 0 Å². The highest BCUT2D eigenvalue weighted by atomic mass is 19.1. The van der Waals surface area contributed by atoms with Crippen molar-refractivity contribution in [2.45, 2.75) is 25.9 Å². The number of nitrogens with one attached hydrogen (secondary N) is 1. The Hall–Kier alpha value is -2.73. The second-order valence-electron chi connectivity index (χ2n) is 7.09. The molecule has 0 aliphatic carbocycles. The fourth-order valence-electron chi connectivity index (χ4n) is 3.55. The third-order valence-electron chi connectivity index (χ3n) is 5.10. The lowest BCUT2D eigenvalue weighted by Crippen LogP contribution is -2.44. The van der Waals surface area contributed by atoms with Crippen molar-refractivity contribution in [1.82, 2.24) is 14.9 Å². The molecule has 6 heteroatoms. The highest BCUT2D eigenvalue weighted by molar-refractivity contribution is 6.05. The predicted octanol–water partition coefficient (Wildman–Crippen LogP) is 3.38. The number of hydrogen-bond donors (Lipinski definition) is 1. The minimum absolute atomic E-state index is 0.102. The first-order chi connectivity index (χ1) is 13.1. The van der Waals surface area contributed by atoms with Crippen LogP contribution in [-0.4, -0.2) is 34.7 Å². The van der Waals surface area contributed by atoms with E-state index in [1.807, 2.05) is 22.9 Å². The molecule has 1 fully saturated rings. The molecule has 1 aliphatic heterocycles. The summed E-state index contributed by atoms with van der Waals surface area (Å²) >= 11 is 0. The maximum Gasteiger partial charge on any atom is 0.255 e. The van der Waals surface area contributed by atoms with E-state index in [9.17, 15) is 9.18 Å². The standard InChI is InChI=1S/C21H22FN3O2/c1-14-13-27-10-8-18(14)24-21(26)17-12-25(19-3-2-9-23-20(17)19)11-15-4-6-16(22)7-5-15/h2-7,9,12,14,18H,8,10-11,13H2,1H3,(H,24,26)/t14-,18+/m0/s1. The molecule has 1 aromatic carbocycles. The first-order valence-corrected chi connectivity index (χ1v) is 9.19. The lowest BCUT2D eigenvalue weighted by Gasteiger charge is -2.29. The summed E-state index contributed by atoms with van der Waals surface area (Å²) in [4.78, 5) is 17.4. The van der Waals surface area contributed by atoms with E-state index < -0.39 is 0 Å². The van der Waals surface area contributed by atoms with Gasteiger partial charge >= 0.3 is 0 Å². The number of halogens is 1. The average molecular weight is 367 g/mol. The Morgan fingerprint density at radius 2 is 2.15 bits per heavy atom.